The first-order chi connectivity index (χ1) is 14.7. The molecular formula is C18H17N5O5S2. The van der Waals surface area contributed by atoms with E-state index in [1.807, 2.05) is 6.07 Å². The molecule has 1 aliphatic heterocycles. The molecule has 156 valence electrons. The number of anilines is 2. The van der Waals surface area contributed by atoms with Gasteiger partial charge in [0.15, 0.2) is 15.8 Å². The van der Waals surface area contributed by atoms with Crippen LogP contribution in [0.4, 0.5) is 15.6 Å². The average Bonchev–Trinajstić information content (AvgIpc) is 3.42. The summed E-state index contributed by atoms with van der Waals surface area (Å²) in [5.41, 5.74) is 0.494. The van der Waals surface area contributed by atoms with Crippen LogP contribution in [0.25, 0.3) is 0 Å². The zero-order chi connectivity index (χ0) is 20.8. The van der Waals surface area contributed by atoms with Crippen molar-refractivity contribution in [3.05, 3.63) is 42.4 Å². The van der Waals surface area contributed by atoms with Crippen molar-refractivity contribution >= 4 is 45.9 Å². The van der Waals surface area contributed by atoms with Crippen molar-refractivity contribution in [2.75, 3.05) is 29.6 Å². The van der Waals surface area contributed by atoms with Gasteiger partial charge in [0.05, 0.1) is 18.6 Å². The second-order valence-corrected chi connectivity index (χ2v) is 8.16. The van der Waals surface area contributed by atoms with Crippen LogP contribution in [0.15, 0.2) is 45.4 Å². The highest BCUT2D eigenvalue weighted by Crippen LogP contribution is 2.32. The quantitative estimate of drug-likeness (QED) is 0.468. The Hall–Kier alpha value is -3.25. The maximum atomic E-state index is 12.0. The van der Waals surface area contributed by atoms with Gasteiger partial charge in [-0.2, -0.15) is 0 Å². The Morgan fingerprint density at radius 3 is 2.83 bits per heavy atom. The smallest absolute Gasteiger partial charge is 0.325 e. The van der Waals surface area contributed by atoms with E-state index in [4.69, 9.17) is 13.9 Å². The van der Waals surface area contributed by atoms with Crippen LogP contribution < -0.4 is 25.4 Å². The Balaban J connectivity index is 1.20. The number of imide groups is 1. The Kier molecular flexibility index (Phi) is 6.35. The molecule has 0 saturated heterocycles. The van der Waals surface area contributed by atoms with Crippen molar-refractivity contribution in [2.24, 2.45) is 0 Å². The van der Waals surface area contributed by atoms with Gasteiger partial charge in [0.1, 0.15) is 19.0 Å². The summed E-state index contributed by atoms with van der Waals surface area (Å²) >= 11 is 2.51. The summed E-state index contributed by atoms with van der Waals surface area (Å²) in [4.78, 5) is 24.1. The van der Waals surface area contributed by atoms with E-state index in [0.29, 0.717) is 46.4 Å². The number of nitrogens with one attached hydrogen (secondary N) is 3. The van der Waals surface area contributed by atoms with E-state index in [9.17, 15) is 9.59 Å². The summed E-state index contributed by atoms with van der Waals surface area (Å²) in [6, 6.07) is 8.05. The number of carbonyl (C=O) groups is 2. The van der Waals surface area contributed by atoms with Crippen molar-refractivity contribution in [3.63, 3.8) is 0 Å². The Labute approximate surface area is 179 Å². The van der Waals surface area contributed by atoms with Crippen LogP contribution in [0.5, 0.6) is 11.5 Å². The van der Waals surface area contributed by atoms with Crippen molar-refractivity contribution < 1.29 is 23.5 Å². The predicted octanol–water partition coefficient (Wildman–Crippen LogP) is 2.95. The number of benzene rings is 1. The molecular weight excluding hydrogens is 430 g/mol. The molecule has 0 fully saturated rings. The highest BCUT2D eigenvalue weighted by Gasteiger charge is 2.14. The zero-order valence-corrected chi connectivity index (χ0v) is 17.2. The van der Waals surface area contributed by atoms with Gasteiger partial charge in [-0.15, -0.1) is 10.2 Å². The van der Waals surface area contributed by atoms with Crippen LogP contribution in [0, 0.1) is 0 Å². The fraction of sp³-hybridized carbons (Fsp3) is 0.222. The van der Waals surface area contributed by atoms with E-state index in [-0.39, 0.29) is 5.75 Å². The molecule has 2 aromatic heterocycles. The summed E-state index contributed by atoms with van der Waals surface area (Å²) in [5, 5.41) is 16.6. The summed E-state index contributed by atoms with van der Waals surface area (Å²) in [6.07, 6.45) is 1.60. The fourth-order valence-electron chi connectivity index (χ4n) is 2.49. The monoisotopic (exact) mass is 447 g/mol. The average molecular weight is 447 g/mol. The third-order valence-corrected chi connectivity index (χ3v) is 5.79. The number of furan rings is 1. The molecule has 3 aromatic rings. The molecule has 0 radical (unpaired) electrons. The SMILES string of the molecule is O=C(CSc1nnc(NCc2ccco2)s1)NC(=O)Nc1ccc2c(c1)OCCO2. The summed E-state index contributed by atoms with van der Waals surface area (Å²) in [6.45, 7) is 1.43. The number of hydrogen-bond acceptors (Lipinski definition) is 10. The number of amides is 3. The van der Waals surface area contributed by atoms with Gasteiger partial charge in [0.2, 0.25) is 11.0 Å². The van der Waals surface area contributed by atoms with Gasteiger partial charge >= 0.3 is 6.03 Å². The van der Waals surface area contributed by atoms with Gasteiger partial charge in [0, 0.05) is 11.8 Å². The number of ether oxygens (including phenoxy) is 2. The number of hydrogen-bond donors (Lipinski definition) is 3. The minimum absolute atomic E-state index is 0.0291. The van der Waals surface area contributed by atoms with Crippen LogP contribution in [-0.4, -0.2) is 41.1 Å². The van der Waals surface area contributed by atoms with Gasteiger partial charge in [-0.1, -0.05) is 23.1 Å². The van der Waals surface area contributed by atoms with Crippen LogP contribution in [0.1, 0.15) is 5.76 Å². The van der Waals surface area contributed by atoms with E-state index >= 15 is 0 Å². The number of urea groups is 1. The minimum atomic E-state index is -0.629. The second-order valence-electron chi connectivity index (χ2n) is 5.96. The first kappa shape index (κ1) is 20.0. The lowest BCUT2D eigenvalue weighted by molar-refractivity contribution is -0.117. The summed E-state index contributed by atoms with van der Waals surface area (Å²) in [5.74, 6) is 1.53. The molecule has 1 aromatic carbocycles. The first-order valence-electron chi connectivity index (χ1n) is 8.89. The number of thioether (sulfide) groups is 1. The number of carbonyl (C=O) groups excluding carboxylic acids is 2. The van der Waals surface area contributed by atoms with Gasteiger partial charge < -0.3 is 24.5 Å². The lowest BCUT2D eigenvalue weighted by Crippen LogP contribution is -2.35. The van der Waals surface area contributed by atoms with Crippen molar-refractivity contribution in [1.82, 2.24) is 15.5 Å². The Bertz CT molecular complexity index is 1020. The van der Waals surface area contributed by atoms with Crippen molar-refractivity contribution in [1.29, 1.82) is 0 Å². The van der Waals surface area contributed by atoms with Gasteiger partial charge in [-0.05, 0) is 24.3 Å². The third kappa shape index (κ3) is 5.42. The molecule has 10 nitrogen and oxygen atoms in total. The third-order valence-electron chi connectivity index (χ3n) is 3.78. The molecule has 0 unspecified atom stereocenters. The maximum Gasteiger partial charge on any atom is 0.325 e. The Morgan fingerprint density at radius 2 is 2.00 bits per heavy atom. The van der Waals surface area contributed by atoms with E-state index in [0.717, 1.165) is 5.76 Å². The fourth-order valence-corrected chi connectivity index (χ4v) is 4.04. The molecule has 0 saturated carbocycles. The van der Waals surface area contributed by atoms with E-state index in [1.54, 1.807) is 30.5 Å². The molecule has 0 atom stereocenters. The molecule has 12 heteroatoms. The van der Waals surface area contributed by atoms with Crippen LogP contribution in [-0.2, 0) is 11.3 Å². The van der Waals surface area contributed by atoms with Crippen LogP contribution in [0.3, 0.4) is 0 Å². The topological polar surface area (TPSA) is 128 Å². The largest absolute Gasteiger partial charge is 0.486 e. The number of aromatic nitrogens is 2. The van der Waals surface area contributed by atoms with E-state index in [2.05, 4.69) is 26.1 Å². The number of fused-ring (bicyclic) bond motifs is 1. The molecule has 0 spiro atoms. The van der Waals surface area contributed by atoms with Crippen molar-refractivity contribution in [2.45, 2.75) is 10.9 Å². The maximum absolute atomic E-state index is 12.0. The molecule has 4 rings (SSSR count). The number of nitrogens with zero attached hydrogens (tertiary/aromatic N) is 2. The highest BCUT2D eigenvalue weighted by molar-refractivity contribution is 8.01. The normalized spacial score (nSPS) is 12.3. The highest BCUT2D eigenvalue weighted by atomic mass is 32.2. The van der Waals surface area contributed by atoms with Crippen molar-refractivity contribution in [3.8, 4) is 11.5 Å². The van der Waals surface area contributed by atoms with Gasteiger partial charge in [0.25, 0.3) is 0 Å². The van der Waals surface area contributed by atoms with Crippen LogP contribution >= 0.6 is 23.1 Å². The first-order valence-corrected chi connectivity index (χ1v) is 10.7. The van der Waals surface area contributed by atoms with E-state index in [1.165, 1.54) is 23.1 Å². The summed E-state index contributed by atoms with van der Waals surface area (Å²) in [7, 11) is 0. The molecule has 0 bridgehead atoms. The zero-order valence-electron chi connectivity index (χ0n) is 15.5. The van der Waals surface area contributed by atoms with E-state index < -0.39 is 11.9 Å². The summed E-state index contributed by atoms with van der Waals surface area (Å²) < 4.78 is 16.7. The standard InChI is InChI=1S/C18H17N5O5S2/c24-15(10-29-18-23-22-17(30-18)19-9-12-2-1-5-26-12)21-16(25)20-11-3-4-13-14(8-11)28-7-6-27-13/h1-5,8H,6-7,9-10H2,(H,19,22)(H2,20,21,24,25). The lowest BCUT2D eigenvalue weighted by Gasteiger charge is -2.19. The minimum Gasteiger partial charge on any atom is -0.486 e. The molecule has 3 amide bonds. The lowest BCUT2D eigenvalue weighted by atomic mass is 10.2. The molecule has 0 aliphatic carbocycles. The second kappa shape index (κ2) is 9.50. The predicted molar refractivity (Wildman–Crippen MR) is 111 cm³/mol. The molecule has 3 N–H and O–H groups in total. The van der Waals surface area contributed by atoms with Crippen LogP contribution in [0.2, 0.25) is 0 Å². The van der Waals surface area contributed by atoms with Gasteiger partial charge in [-0.25, -0.2) is 4.79 Å². The van der Waals surface area contributed by atoms with Gasteiger partial charge in [-0.3, -0.25) is 10.1 Å². The number of rotatable bonds is 7. The molecule has 1 aliphatic rings. The molecule has 3 heterocycles. The molecule has 30 heavy (non-hydrogen) atoms. The Morgan fingerprint density at radius 1 is 1.13 bits per heavy atom.